The molecular weight excluding hydrogens is 164 g/mol. The Labute approximate surface area is 65.4 Å². The Kier molecular flexibility index (Phi) is 1.97. The summed E-state index contributed by atoms with van der Waals surface area (Å²) in [6.45, 7) is 3.57. The van der Waals surface area contributed by atoms with Crippen molar-refractivity contribution >= 4 is 10.1 Å². The Hall–Kier alpha value is -0.870. The van der Waals surface area contributed by atoms with E-state index in [-0.39, 0.29) is 4.90 Å². The van der Waals surface area contributed by atoms with Crippen LogP contribution >= 0.6 is 0 Å². The largest absolute Gasteiger partial charge is 0.294 e. The molecule has 0 aliphatic heterocycles. The maximum absolute atomic E-state index is 10.5. The van der Waals surface area contributed by atoms with Gasteiger partial charge in [-0.05, 0) is 24.6 Å². The third-order valence-corrected chi connectivity index (χ3v) is 2.09. The standard InChI is InChI=1S/C7H7O3S/c1-6-2-4-7(5-3-6)11(8,9)10/h2-5H,1H2,(H,8,9,10). The quantitative estimate of drug-likeness (QED) is 0.644. The van der Waals surface area contributed by atoms with Crippen molar-refractivity contribution in [3.05, 3.63) is 36.8 Å². The van der Waals surface area contributed by atoms with Crippen molar-refractivity contribution in [3.8, 4) is 0 Å². The highest BCUT2D eigenvalue weighted by Crippen LogP contribution is 2.08. The van der Waals surface area contributed by atoms with Crippen LogP contribution in [0.1, 0.15) is 5.56 Å². The van der Waals surface area contributed by atoms with Gasteiger partial charge in [0.05, 0.1) is 4.90 Å². The summed E-state index contributed by atoms with van der Waals surface area (Å²) in [4.78, 5) is -0.107. The van der Waals surface area contributed by atoms with Gasteiger partial charge in [-0.2, -0.15) is 8.42 Å². The summed E-state index contributed by atoms with van der Waals surface area (Å²) in [7, 11) is -4.05. The van der Waals surface area contributed by atoms with Crippen molar-refractivity contribution in [3.63, 3.8) is 0 Å². The lowest BCUT2D eigenvalue weighted by Gasteiger charge is -1.95. The molecule has 1 radical (unpaired) electrons. The molecule has 0 saturated heterocycles. The van der Waals surface area contributed by atoms with Gasteiger partial charge in [0.2, 0.25) is 0 Å². The third-order valence-electron chi connectivity index (χ3n) is 1.22. The minimum Gasteiger partial charge on any atom is -0.282 e. The molecule has 1 aromatic carbocycles. The molecule has 0 fully saturated rings. The van der Waals surface area contributed by atoms with E-state index in [1.54, 1.807) is 0 Å². The van der Waals surface area contributed by atoms with Crippen molar-refractivity contribution in [2.45, 2.75) is 4.90 Å². The smallest absolute Gasteiger partial charge is 0.282 e. The summed E-state index contributed by atoms with van der Waals surface area (Å²) in [6, 6.07) is 5.64. The minimum absolute atomic E-state index is 0.107. The van der Waals surface area contributed by atoms with E-state index in [1.165, 1.54) is 24.3 Å². The van der Waals surface area contributed by atoms with E-state index in [0.29, 0.717) is 5.56 Å². The second-order valence-corrected chi connectivity index (χ2v) is 3.54. The van der Waals surface area contributed by atoms with E-state index in [1.807, 2.05) is 0 Å². The molecule has 0 atom stereocenters. The van der Waals surface area contributed by atoms with E-state index < -0.39 is 10.1 Å². The molecule has 0 unspecified atom stereocenters. The molecule has 4 heteroatoms. The Balaban J connectivity index is 3.20. The van der Waals surface area contributed by atoms with Gasteiger partial charge in [0.1, 0.15) is 0 Å². The maximum Gasteiger partial charge on any atom is 0.294 e. The van der Waals surface area contributed by atoms with E-state index in [2.05, 4.69) is 6.92 Å². The van der Waals surface area contributed by atoms with Gasteiger partial charge in [-0.3, -0.25) is 4.55 Å². The van der Waals surface area contributed by atoms with Gasteiger partial charge >= 0.3 is 0 Å². The molecule has 1 rings (SSSR count). The molecule has 0 aliphatic rings. The zero-order valence-electron chi connectivity index (χ0n) is 5.69. The zero-order valence-corrected chi connectivity index (χ0v) is 6.50. The van der Waals surface area contributed by atoms with Gasteiger partial charge in [0.15, 0.2) is 0 Å². The zero-order chi connectivity index (χ0) is 8.48. The highest BCUT2D eigenvalue weighted by molar-refractivity contribution is 7.85. The van der Waals surface area contributed by atoms with Gasteiger partial charge in [-0.15, -0.1) is 0 Å². The first-order chi connectivity index (χ1) is 5.00. The first-order valence-electron chi connectivity index (χ1n) is 2.89. The lowest BCUT2D eigenvalue weighted by atomic mass is 10.2. The number of hydrogen-bond donors (Lipinski definition) is 1. The maximum atomic E-state index is 10.5. The van der Waals surface area contributed by atoms with Crippen LogP contribution in [0.15, 0.2) is 29.2 Å². The molecule has 59 valence electrons. The SMILES string of the molecule is [CH2]c1ccc(S(=O)(=O)O)cc1. The Morgan fingerprint density at radius 2 is 1.64 bits per heavy atom. The van der Waals surface area contributed by atoms with Gasteiger partial charge < -0.3 is 0 Å². The first-order valence-corrected chi connectivity index (χ1v) is 4.34. The molecule has 0 spiro atoms. The predicted octanol–water partition coefficient (Wildman–Crippen LogP) is 1.12. The van der Waals surface area contributed by atoms with Gasteiger partial charge in [0, 0.05) is 0 Å². The van der Waals surface area contributed by atoms with Crippen LogP contribution in [-0.4, -0.2) is 13.0 Å². The fraction of sp³-hybridized carbons (Fsp3) is 0. The summed E-state index contributed by atoms with van der Waals surface area (Å²) >= 11 is 0. The topological polar surface area (TPSA) is 54.4 Å². The predicted molar refractivity (Wildman–Crippen MR) is 40.7 cm³/mol. The van der Waals surface area contributed by atoms with Crippen LogP contribution in [0.3, 0.4) is 0 Å². The highest BCUT2D eigenvalue weighted by Gasteiger charge is 2.06. The summed E-state index contributed by atoms with van der Waals surface area (Å²) in [5, 5.41) is 0. The molecule has 0 amide bonds. The average Bonchev–Trinajstić information content (AvgIpc) is 1.86. The first kappa shape index (κ1) is 8.23. The van der Waals surface area contributed by atoms with E-state index in [9.17, 15) is 8.42 Å². The summed E-state index contributed by atoms with van der Waals surface area (Å²) in [5.74, 6) is 0. The fourth-order valence-electron chi connectivity index (χ4n) is 0.661. The molecule has 0 heterocycles. The van der Waals surface area contributed by atoms with Crippen LogP contribution in [-0.2, 0) is 10.1 Å². The van der Waals surface area contributed by atoms with Gasteiger partial charge in [0.25, 0.3) is 10.1 Å². The Bertz CT molecular complexity index is 336. The van der Waals surface area contributed by atoms with Crippen molar-refractivity contribution < 1.29 is 13.0 Å². The average molecular weight is 171 g/mol. The van der Waals surface area contributed by atoms with Crippen LogP contribution in [0.2, 0.25) is 0 Å². The number of benzene rings is 1. The van der Waals surface area contributed by atoms with Crippen molar-refractivity contribution in [1.29, 1.82) is 0 Å². The second kappa shape index (κ2) is 2.64. The van der Waals surface area contributed by atoms with Crippen molar-refractivity contribution in [2.75, 3.05) is 0 Å². The van der Waals surface area contributed by atoms with E-state index in [0.717, 1.165) is 0 Å². The number of hydrogen-bond acceptors (Lipinski definition) is 2. The monoisotopic (exact) mass is 171 g/mol. The highest BCUT2D eigenvalue weighted by atomic mass is 32.2. The van der Waals surface area contributed by atoms with Gasteiger partial charge in [-0.1, -0.05) is 12.1 Å². The Morgan fingerprint density at radius 3 is 2.00 bits per heavy atom. The second-order valence-electron chi connectivity index (χ2n) is 2.12. The molecular formula is C7H7O3S. The molecule has 0 aliphatic carbocycles. The molecule has 3 nitrogen and oxygen atoms in total. The van der Waals surface area contributed by atoms with Gasteiger partial charge in [-0.25, -0.2) is 0 Å². The molecule has 11 heavy (non-hydrogen) atoms. The molecule has 1 N–H and O–H groups in total. The molecule has 1 aromatic rings. The van der Waals surface area contributed by atoms with Crippen molar-refractivity contribution in [2.24, 2.45) is 0 Å². The van der Waals surface area contributed by atoms with Crippen molar-refractivity contribution in [1.82, 2.24) is 0 Å². The Morgan fingerprint density at radius 1 is 1.18 bits per heavy atom. The molecule has 0 aromatic heterocycles. The molecule has 0 saturated carbocycles. The number of rotatable bonds is 1. The van der Waals surface area contributed by atoms with Crippen LogP contribution < -0.4 is 0 Å². The normalized spacial score (nSPS) is 11.5. The summed E-state index contributed by atoms with van der Waals surface area (Å²) < 4.78 is 29.5. The minimum atomic E-state index is -4.05. The molecule has 0 bridgehead atoms. The summed E-state index contributed by atoms with van der Waals surface area (Å²) in [5.41, 5.74) is 0.706. The fourth-order valence-corrected chi connectivity index (χ4v) is 1.14. The van der Waals surface area contributed by atoms with Crippen LogP contribution in [0, 0.1) is 6.92 Å². The van der Waals surface area contributed by atoms with E-state index in [4.69, 9.17) is 4.55 Å². The van der Waals surface area contributed by atoms with Crippen LogP contribution in [0.5, 0.6) is 0 Å². The third kappa shape index (κ3) is 2.03. The van der Waals surface area contributed by atoms with Crippen LogP contribution in [0.4, 0.5) is 0 Å². The van der Waals surface area contributed by atoms with E-state index >= 15 is 0 Å². The lowest BCUT2D eigenvalue weighted by Crippen LogP contribution is -1.96. The summed E-state index contributed by atoms with van der Waals surface area (Å²) in [6.07, 6.45) is 0. The van der Waals surface area contributed by atoms with Crippen LogP contribution in [0.25, 0.3) is 0 Å². The lowest BCUT2D eigenvalue weighted by molar-refractivity contribution is 0.483.